The highest BCUT2D eigenvalue weighted by atomic mass is 16.1. The highest BCUT2D eigenvalue weighted by Crippen LogP contribution is 2.32. The molecule has 2 heterocycles. The molecule has 0 aliphatic rings. The third kappa shape index (κ3) is 5.76. The fourth-order valence-corrected chi connectivity index (χ4v) is 3.84. The van der Waals surface area contributed by atoms with Crippen LogP contribution in [0.4, 0.5) is 0 Å². The summed E-state index contributed by atoms with van der Waals surface area (Å²) in [6.45, 7) is 23.2. The van der Waals surface area contributed by atoms with Gasteiger partial charge in [-0.3, -0.25) is 14.8 Å². The third-order valence-electron chi connectivity index (χ3n) is 5.35. The van der Waals surface area contributed by atoms with E-state index >= 15 is 0 Å². The quantitative estimate of drug-likeness (QED) is 0.339. The van der Waals surface area contributed by atoms with E-state index in [4.69, 9.17) is 0 Å². The minimum atomic E-state index is -0.525. The number of nitrogens with zero attached hydrogens (tertiary/aromatic N) is 2. The zero-order valence-electron chi connectivity index (χ0n) is 18.8. The summed E-state index contributed by atoms with van der Waals surface area (Å²) >= 11 is 0. The Morgan fingerprint density at radius 2 is 1.06 bits per heavy atom. The van der Waals surface area contributed by atoms with E-state index in [0.29, 0.717) is 25.7 Å². The van der Waals surface area contributed by atoms with Gasteiger partial charge in [0.1, 0.15) is 0 Å². The molecule has 2 rings (SSSR count). The Morgan fingerprint density at radius 1 is 0.688 bits per heavy atom. The molecule has 0 aromatic carbocycles. The van der Waals surface area contributed by atoms with Crippen LogP contribution >= 0.6 is 0 Å². The topological polar surface area (TPSA) is 42.9 Å². The molecule has 32 heavy (non-hydrogen) atoms. The Kier molecular flexibility index (Phi) is 9.49. The lowest BCUT2D eigenvalue weighted by Crippen LogP contribution is -2.21. The van der Waals surface area contributed by atoms with Crippen molar-refractivity contribution in [2.45, 2.75) is 37.5 Å². The first kappa shape index (κ1) is 24.7. The predicted octanol–water partition coefficient (Wildman–Crippen LogP) is 6.20. The van der Waals surface area contributed by atoms with E-state index in [1.165, 1.54) is 0 Å². The lowest BCUT2D eigenvalue weighted by molar-refractivity contribution is -0.120. The van der Waals surface area contributed by atoms with Gasteiger partial charge in [-0.25, -0.2) is 0 Å². The van der Waals surface area contributed by atoms with Gasteiger partial charge in [-0.1, -0.05) is 36.5 Å². The van der Waals surface area contributed by atoms with Crippen LogP contribution in [0.15, 0.2) is 100 Å². The van der Waals surface area contributed by atoms with Crippen molar-refractivity contribution in [3.05, 3.63) is 134 Å². The summed E-state index contributed by atoms with van der Waals surface area (Å²) in [7, 11) is 0. The van der Waals surface area contributed by atoms with Gasteiger partial charge in [0.15, 0.2) is 5.78 Å². The van der Waals surface area contributed by atoms with Gasteiger partial charge >= 0.3 is 0 Å². The molecule has 164 valence electrons. The van der Waals surface area contributed by atoms with Crippen molar-refractivity contribution in [3.8, 4) is 0 Å². The van der Waals surface area contributed by atoms with Crippen molar-refractivity contribution in [2.75, 3.05) is 0 Å². The van der Waals surface area contributed by atoms with Gasteiger partial charge in [0, 0.05) is 36.6 Å². The molecular formula is C29H32N2O. The van der Waals surface area contributed by atoms with E-state index < -0.39 is 11.8 Å². The predicted molar refractivity (Wildman–Crippen MR) is 135 cm³/mol. The maximum absolute atomic E-state index is 13.8. The highest BCUT2D eigenvalue weighted by molar-refractivity contribution is 5.95. The number of carbonyl (C=O) groups is 1. The van der Waals surface area contributed by atoms with Gasteiger partial charge in [-0.05, 0) is 47.2 Å². The van der Waals surface area contributed by atoms with Crippen LogP contribution in [0.2, 0.25) is 0 Å². The van der Waals surface area contributed by atoms with E-state index in [2.05, 4.69) is 49.4 Å². The van der Waals surface area contributed by atoms with Crippen LogP contribution in [0.1, 0.15) is 45.5 Å². The third-order valence-corrected chi connectivity index (χ3v) is 5.35. The number of carbonyl (C=O) groups excluding carboxylic acids is 1. The van der Waals surface area contributed by atoms with Gasteiger partial charge in [0.05, 0.1) is 11.8 Å². The SMILES string of the molecule is C=CCc1cc(CC=C)c(C(C=C)C(=O)C(C=C)c2cnc(CC=C)cc2CC=C)cn1. The lowest BCUT2D eigenvalue weighted by atomic mass is 9.81. The number of Topliss-reactive ketones (excluding diaryl/α,β-unsaturated/α-hetero) is 1. The fraction of sp³-hybridized carbons (Fsp3) is 0.207. The minimum absolute atomic E-state index is 0.0119. The Bertz CT molecular complexity index is 950. The fourth-order valence-electron chi connectivity index (χ4n) is 3.84. The van der Waals surface area contributed by atoms with Gasteiger partial charge in [-0.2, -0.15) is 0 Å². The number of aromatic nitrogens is 2. The Labute approximate surface area is 192 Å². The molecular weight excluding hydrogens is 392 g/mol. The molecule has 0 saturated carbocycles. The molecule has 0 spiro atoms. The molecule has 0 saturated heterocycles. The van der Waals surface area contributed by atoms with Crippen LogP contribution in [0.5, 0.6) is 0 Å². The van der Waals surface area contributed by atoms with Crippen LogP contribution < -0.4 is 0 Å². The average Bonchev–Trinajstić information content (AvgIpc) is 2.78. The van der Waals surface area contributed by atoms with Crippen LogP contribution in [-0.4, -0.2) is 15.8 Å². The normalized spacial score (nSPS) is 12.2. The summed E-state index contributed by atoms with van der Waals surface area (Å²) in [4.78, 5) is 22.8. The smallest absolute Gasteiger partial charge is 0.155 e. The molecule has 3 heteroatoms. The number of rotatable bonds is 14. The van der Waals surface area contributed by atoms with E-state index in [1.807, 2.05) is 36.4 Å². The summed E-state index contributed by atoms with van der Waals surface area (Å²) in [6, 6.07) is 4.03. The molecule has 2 unspecified atom stereocenters. The van der Waals surface area contributed by atoms with Gasteiger partial charge < -0.3 is 0 Å². The summed E-state index contributed by atoms with van der Waals surface area (Å²) in [5.74, 6) is -1.06. The van der Waals surface area contributed by atoms with Crippen molar-refractivity contribution >= 4 is 5.78 Å². The Balaban J connectivity index is 2.52. The Hall–Kier alpha value is -3.59. The number of ketones is 1. The zero-order chi connectivity index (χ0) is 23.5. The van der Waals surface area contributed by atoms with Crippen LogP contribution in [0, 0.1) is 0 Å². The molecule has 0 bridgehead atoms. The highest BCUT2D eigenvalue weighted by Gasteiger charge is 2.29. The first-order valence-electron chi connectivity index (χ1n) is 10.7. The second kappa shape index (κ2) is 12.3. The van der Waals surface area contributed by atoms with Crippen molar-refractivity contribution < 1.29 is 4.79 Å². The minimum Gasteiger partial charge on any atom is -0.298 e. The van der Waals surface area contributed by atoms with Crippen LogP contribution in [-0.2, 0) is 30.5 Å². The van der Waals surface area contributed by atoms with Gasteiger partial charge in [0.2, 0.25) is 0 Å². The second-order valence-corrected chi connectivity index (χ2v) is 7.55. The van der Waals surface area contributed by atoms with Crippen molar-refractivity contribution in [2.24, 2.45) is 0 Å². The van der Waals surface area contributed by atoms with E-state index in [1.54, 1.807) is 24.5 Å². The molecule has 0 N–H and O–H groups in total. The number of hydrogen-bond donors (Lipinski definition) is 0. The average molecular weight is 425 g/mol. The van der Waals surface area contributed by atoms with Crippen LogP contribution in [0.3, 0.4) is 0 Å². The van der Waals surface area contributed by atoms with Crippen LogP contribution in [0.25, 0.3) is 0 Å². The zero-order valence-corrected chi connectivity index (χ0v) is 18.8. The first-order valence-corrected chi connectivity index (χ1v) is 10.7. The second-order valence-electron chi connectivity index (χ2n) is 7.55. The van der Waals surface area contributed by atoms with Gasteiger partial charge in [-0.15, -0.1) is 39.5 Å². The molecule has 0 radical (unpaired) electrons. The molecule has 2 aromatic heterocycles. The Morgan fingerprint density at radius 3 is 1.38 bits per heavy atom. The molecule has 2 aromatic rings. The maximum atomic E-state index is 13.8. The maximum Gasteiger partial charge on any atom is 0.155 e. The standard InChI is InChI=1S/C29H32N2O/c1-7-13-21-17-23(15-9-3)30-19-27(21)25(11-5)29(32)26(12-6)28-20-31-24(16-10-4)18-22(28)14-8-2/h7-12,17-20,25-26H,1-6,13-16H2. The first-order chi connectivity index (χ1) is 15.5. The summed E-state index contributed by atoms with van der Waals surface area (Å²) in [5.41, 5.74) is 5.52. The van der Waals surface area contributed by atoms with Gasteiger partial charge in [0.25, 0.3) is 0 Å². The summed E-state index contributed by atoms with van der Waals surface area (Å²) < 4.78 is 0. The van der Waals surface area contributed by atoms with Crippen molar-refractivity contribution in [1.29, 1.82) is 0 Å². The summed E-state index contributed by atoms with van der Waals surface area (Å²) in [5, 5.41) is 0. The van der Waals surface area contributed by atoms with Crippen molar-refractivity contribution in [3.63, 3.8) is 0 Å². The molecule has 0 aliphatic heterocycles. The lowest BCUT2D eigenvalue weighted by Gasteiger charge is -2.22. The molecule has 2 atom stereocenters. The van der Waals surface area contributed by atoms with E-state index in [0.717, 1.165) is 33.6 Å². The number of allylic oxidation sites excluding steroid dienone is 6. The molecule has 3 nitrogen and oxygen atoms in total. The van der Waals surface area contributed by atoms with Crippen molar-refractivity contribution in [1.82, 2.24) is 9.97 Å². The van der Waals surface area contributed by atoms with E-state index in [-0.39, 0.29) is 5.78 Å². The van der Waals surface area contributed by atoms with E-state index in [9.17, 15) is 4.79 Å². The molecule has 0 aliphatic carbocycles. The number of pyridine rings is 2. The monoisotopic (exact) mass is 424 g/mol. The molecule has 0 fully saturated rings. The molecule has 0 amide bonds. The summed E-state index contributed by atoms with van der Waals surface area (Å²) in [6.07, 6.45) is 16.8. The largest absolute Gasteiger partial charge is 0.298 e. The number of hydrogen-bond acceptors (Lipinski definition) is 3.